The van der Waals surface area contributed by atoms with Crippen molar-refractivity contribution < 1.29 is 9.47 Å². The second kappa shape index (κ2) is 8.20. The molecule has 1 fully saturated rings. The minimum atomic E-state index is 0.217. The van der Waals surface area contributed by atoms with Gasteiger partial charge in [0.1, 0.15) is 0 Å². The number of likely N-dealkylation sites (tertiary alicyclic amines) is 1. The molecule has 0 amide bonds. The molecular formula is C15H32N2O2. The molecule has 0 saturated carbocycles. The summed E-state index contributed by atoms with van der Waals surface area (Å²) in [6.07, 6.45) is 2.82. The van der Waals surface area contributed by atoms with Crippen LogP contribution in [0.5, 0.6) is 0 Å². The van der Waals surface area contributed by atoms with Crippen molar-refractivity contribution in [2.24, 2.45) is 5.41 Å². The van der Waals surface area contributed by atoms with E-state index in [1.807, 2.05) is 0 Å². The molecule has 0 radical (unpaired) electrons. The number of ether oxygens (including phenoxy) is 2. The van der Waals surface area contributed by atoms with Crippen molar-refractivity contribution in [2.45, 2.75) is 45.8 Å². The third-order valence-corrected chi connectivity index (χ3v) is 4.33. The number of hydrogen-bond donors (Lipinski definition) is 1. The summed E-state index contributed by atoms with van der Waals surface area (Å²) in [6, 6.07) is 0. The van der Waals surface area contributed by atoms with Crippen LogP contribution in [0.15, 0.2) is 0 Å². The number of nitrogens with one attached hydrogen (secondary N) is 1. The van der Waals surface area contributed by atoms with Crippen LogP contribution < -0.4 is 5.32 Å². The molecule has 4 heteroatoms. The largest absolute Gasteiger partial charge is 0.377 e. The number of hydrogen-bond acceptors (Lipinski definition) is 4. The fraction of sp³-hybridized carbons (Fsp3) is 1.00. The van der Waals surface area contributed by atoms with E-state index in [2.05, 4.69) is 31.0 Å². The van der Waals surface area contributed by atoms with Crippen molar-refractivity contribution in [3.8, 4) is 0 Å². The van der Waals surface area contributed by atoms with Crippen LogP contribution in [-0.4, -0.2) is 64.1 Å². The van der Waals surface area contributed by atoms with Gasteiger partial charge in [-0.3, -0.25) is 4.90 Å². The van der Waals surface area contributed by atoms with E-state index in [1.54, 1.807) is 14.2 Å². The van der Waals surface area contributed by atoms with E-state index in [9.17, 15) is 0 Å². The number of methoxy groups -OCH3 is 2. The van der Waals surface area contributed by atoms with Gasteiger partial charge in [-0.1, -0.05) is 20.8 Å². The monoisotopic (exact) mass is 272 g/mol. The predicted molar refractivity (Wildman–Crippen MR) is 79.6 cm³/mol. The first-order valence-corrected chi connectivity index (χ1v) is 7.57. The Labute approximate surface area is 118 Å². The third kappa shape index (κ3) is 5.03. The van der Waals surface area contributed by atoms with Crippen LogP contribution in [0.3, 0.4) is 0 Å². The fourth-order valence-electron chi connectivity index (χ4n) is 2.80. The van der Waals surface area contributed by atoms with E-state index in [-0.39, 0.29) is 12.2 Å². The molecule has 4 nitrogen and oxygen atoms in total. The van der Waals surface area contributed by atoms with Crippen molar-refractivity contribution in [2.75, 3.05) is 46.9 Å². The van der Waals surface area contributed by atoms with Crippen LogP contribution in [0.1, 0.15) is 33.6 Å². The highest BCUT2D eigenvalue weighted by atomic mass is 16.5. The van der Waals surface area contributed by atoms with Crippen molar-refractivity contribution in [1.29, 1.82) is 0 Å². The Hall–Kier alpha value is -0.160. The Bertz CT molecular complexity index is 238. The molecule has 0 bridgehead atoms. The van der Waals surface area contributed by atoms with Crippen molar-refractivity contribution >= 4 is 0 Å². The van der Waals surface area contributed by atoms with Gasteiger partial charge in [0.25, 0.3) is 0 Å². The van der Waals surface area contributed by atoms with Crippen LogP contribution in [0.2, 0.25) is 0 Å². The molecule has 1 rings (SSSR count). The maximum absolute atomic E-state index is 5.51. The first-order valence-electron chi connectivity index (χ1n) is 7.57. The standard InChI is InChI=1S/C15H32N2O2/c1-6-8-16-11-15(3,7-2)12-17-9-13(18-4)14(10-17)19-5/h13-14,16H,6-12H2,1-5H3. The lowest BCUT2D eigenvalue weighted by Crippen LogP contribution is -2.42. The highest BCUT2D eigenvalue weighted by Gasteiger charge is 2.36. The minimum absolute atomic E-state index is 0.217. The molecule has 1 N–H and O–H groups in total. The Morgan fingerprint density at radius 3 is 2.16 bits per heavy atom. The van der Waals surface area contributed by atoms with Gasteiger partial charge in [0.2, 0.25) is 0 Å². The topological polar surface area (TPSA) is 33.7 Å². The zero-order chi connectivity index (χ0) is 14.3. The molecule has 3 atom stereocenters. The van der Waals surface area contributed by atoms with E-state index in [0.717, 1.165) is 32.7 Å². The van der Waals surface area contributed by atoms with Gasteiger partial charge in [0.05, 0.1) is 12.2 Å². The lowest BCUT2D eigenvalue weighted by molar-refractivity contribution is -0.00461. The van der Waals surface area contributed by atoms with Gasteiger partial charge in [-0.25, -0.2) is 0 Å². The lowest BCUT2D eigenvalue weighted by Gasteiger charge is -2.33. The maximum Gasteiger partial charge on any atom is 0.0971 e. The molecule has 1 aliphatic rings. The summed E-state index contributed by atoms with van der Waals surface area (Å²) >= 11 is 0. The van der Waals surface area contributed by atoms with Crippen molar-refractivity contribution in [1.82, 2.24) is 10.2 Å². The smallest absolute Gasteiger partial charge is 0.0971 e. The molecule has 1 heterocycles. The summed E-state index contributed by atoms with van der Waals surface area (Å²) in [5.74, 6) is 0. The molecule has 1 saturated heterocycles. The molecule has 1 aliphatic heterocycles. The van der Waals surface area contributed by atoms with Crippen molar-refractivity contribution in [3.05, 3.63) is 0 Å². The molecule has 0 aromatic carbocycles. The zero-order valence-corrected chi connectivity index (χ0v) is 13.4. The van der Waals surface area contributed by atoms with Gasteiger partial charge in [0, 0.05) is 40.4 Å². The highest BCUT2D eigenvalue weighted by Crippen LogP contribution is 2.25. The van der Waals surface area contributed by atoms with E-state index < -0.39 is 0 Å². The van der Waals surface area contributed by atoms with Gasteiger partial charge < -0.3 is 14.8 Å². The molecule has 3 unspecified atom stereocenters. The molecule has 0 aromatic heterocycles. The first-order chi connectivity index (χ1) is 9.08. The Morgan fingerprint density at radius 1 is 1.16 bits per heavy atom. The quantitative estimate of drug-likeness (QED) is 0.648. The van der Waals surface area contributed by atoms with E-state index in [4.69, 9.17) is 9.47 Å². The van der Waals surface area contributed by atoms with Crippen LogP contribution in [0, 0.1) is 5.41 Å². The maximum atomic E-state index is 5.51. The summed E-state index contributed by atoms with van der Waals surface area (Å²) in [6.45, 7) is 12.1. The predicted octanol–water partition coefficient (Wildman–Crippen LogP) is 1.75. The number of rotatable bonds is 9. The Morgan fingerprint density at radius 2 is 1.74 bits per heavy atom. The Balaban J connectivity index is 2.47. The molecular weight excluding hydrogens is 240 g/mol. The summed E-state index contributed by atoms with van der Waals surface area (Å²) in [7, 11) is 3.56. The van der Waals surface area contributed by atoms with Gasteiger partial charge in [0.15, 0.2) is 0 Å². The molecule has 19 heavy (non-hydrogen) atoms. The molecule has 0 aromatic rings. The van der Waals surface area contributed by atoms with E-state index >= 15 is 0 Å². The second-order valence-corrected chi connectivity index (χ2v) is 6.08. The average molecular weight is 272 g/mol. The third-order valence-electron chi connectivity index (χ3n) is 4.33. The number of nitrogens with zero attached hydrogens (tertiary/aromatic N) is 1. The second-order valence-electron chi connectivity index (χ2n) is 6.08. The lowest BCUT2D eigenvalue weighted by atomic mass is 9.87. The van der Waals surface area contributed by atoms with E-state index in [1.165, 1.54) is 12.8 Å². The first kappa shape index (κ1) is 16.9. The van der Waals surface area contributed by atoms with E-state index in [0.29, 0.717) is 5.41 Å². The van der Waals surface area contributed by atoms with Crippen LogP contribution in [-0.2, 0) is 9.47 Å². The molecule has 114 valence electrons. The summed E-state index contributed by atoms with van der Waals surface area (Å²) in [5, 5.41) is 3.56. The zero-order valence-electron chi connectivity index (χ0n) is 13.4. The SMILES string of the molecule is CCCNCC(C)(CC)CN1CC(OC)C(OC)C1. The highest BCUT2D eigenvalue weighted by molar-refractivity contribution is 4.89. The Kier molecular flexibility index (Phi) is 7.29. The van der Waals surface area contributed by atoms with Gasteiger partial charge in [-0.05, 0) is 24.8 Å². The summed E-state index contributed by atoms with van der Waals surface area (Å²) in [5.41, 5.74) is 0.329. The summed E-state index contributed by atoms with van der Waals surface area (Å²) < 4.78 is 11.0. The van der Waals surface area contributed by atoms with Crippen molar-refractivity contribution in [3.63, 3.8) is 0 Å². The van der Waals surface area contributed by atoms with Gasteiger partial charge in [-0.15, -0.1) is 0 Å². The molecule has 0 spiro atoms. The van der Waals surface area contributed by atoms with Gasteiger partial charge >= 0.3 is 0 Å². The van der Waals surface area contributed by atoms with Crippen LogP contribution in [0.25, 0.3) is 0 Å². The average Bonchev–Trinajstić information content (AvgIpc) is 2.81. The fourth-order valence-corrected chi connectivity index (χ4v) is 2.80. The van der Waals surface area contributed by atoms with Crippen LogP contribution in [0.4, 0.5) is 0 Å². The minimum Gasteiger partial charge on any atom is -0.377 e. The van der Waals surface area contributed by atoms with Crippen LogP contribution >= 0.6 is 0 Å². The normalized spacial score (nSPS) is 27.6. The van der Waals surface area contributed by atoms with Gasteiger partial charge in [-0.2, -0.15) is 0 Å². The molecule has 0 aliphatic carbocycles. The summed E-state index contributed by atoms with van der Waals surface area (Å²) in [4.78, 5) is 2.49.